The van der Waals surface area contributed by atoms with E-state index in [0.29, 0.717) is 5.56 Å². The molecular weight excluding hydrogens is 330 g/mol. The number of carbonyl (C=O) groups excluding carboxylic acids is 1. The maximum atomic E-state index is 12.6. The predicted molar refractivity (Wildman–Crippen MR) is 87.5 cm³/mol. The van der Waals surface area contributed by atoms with Crippen molar-refractivity contribution in [3.63, 3.8) is 0 Å². The van der Waals surface area contributed by atoms with Gasteiger partial charge in [-0.15, -0.1) is 0 Å². The van der Waals surface area contributed by atoms with Gasteiger partial charge in [0.05, 0.1) is 6.04 Å². The number of phenols is 1. The van der Waals surface area contributed by atoms with E-state index in [4.69, 9.17) is 0 Å². The number of hydrogen-bond donors (Lipinski definition) is 1. The van der Waals surface area contributed by atoms with Crippen LogP contribution in [-0.4, -0.2) is 23.0 Å². The molecule has 0 aromatic heterocycles. The molecule has 2 aromatic carbocycles. The van der Waals surface area contributed by atoms with Crippen LogP contribution < -0.4 is 0 Å². The van der Waals surface area contributed by atoms with Gasteiger partial charge in [0.1, 0.15) is 5.75 Å². The van der Waals surface area contributed by atoms with Crippen molar-refractivity contribution >= 4 is 21.8 Å². The Kier molecular flexibility index (Phi) is 4.68. The van der Waals surface area contributed by atoms with Gasteiger partial charge >= 0.3 is 0 Å². The van der Waals surface area contributed by atoms with E-state index in [-0.39, 0.29) is 17.7 Å². The number of benzene rings is 2. The lowest BCUT2D eigenvalue weighted by atomic mass is 10.1. The minimum Gasteiger partial charge on any atom is -0.508 e. The molecule has 2 aromatic rings. The summed E-state index contributed by atoms with van der Waals surface area (Å²) in [6, 6.07) is 12.4. The lowest BCUT2D eigenvalue weighted by molar-refractivity contribution is 0.0742. The summed E-state index contributed by atoms with van der Waals surface area (Å²) in [5.74, 6) is 0.203. The molecule has 0 saturated heterocycles. The first-order valence-corrected chi connectivity index (χ1v) is 7.51. The Morgan fingerprint density at radius 2 is 1.81 bits per heavy atom. The molecule has 0 heterocycles. The zero-order valence-electron chi connectivity index (χ0n) is 12.3. The Balaban J connectivity index is 2.21. The van der Waals surface area contributed by atoms with E-state index in [1.165, 1.54) is 0 Å². The minimum absolute atomic E-state index is 0.0221. The number of phenolic OH excluding ortho intramolecular Hbond substituents is 1. The zero-order valence-corrected chi connectivity index (χ0v) is 13.9. The van der Waals surface area contributed by atoms with Crippen molar-refractivity contribution in [3.8, 4) is 5.75 Å². The highest BCUT2D eigenvalue weighted by Gasteiger charge is 2.19. The Morgan fingerprint density at radius 1 is 1.19 bits per heavy atom. The summed E-state index contributed by atoms with van der Waals surface area (Å²) < 4.78 is 0.994. The number of carbonyl (C=O) groups is 1. The molecule has 4 heteroatoms. The van der Waals surface area contributed by atoms with Crippen molar-refractivity contribution in [1.82, 2.24) is 4.90 Å². The van der Waals surface area contributed by atoms with Crippen LogP contribution in [0, 0.1) is 6.92 Å². The van der Waals surface area contributed by atoms with Crippen LogP contribution in [0.5, 0.6) is 5.75 Å². The topological polar surface area (TPSA) is 40.5 Å². The molecule has 0 saturated carbocycles. The van der Waals surface area contributed by atoms with Gasteiger partial charge in [-0.2, -0.15) is 0 Å². The Morgan fingerprint density at radius 3 is 2.38 bits per heavy atom. The van der Waals surface area contributed by atoms with Gasteiger partial charge in [-0.1, -0.05) is 28.1 Å². The van der Waals surface area contributed by atoms with Gasteiger partial charge in [0.25, 0.3) is 5.91 Å². The fourth-order valence-electron chi connectivity index (χ4n) is 2.13. The van der Waals surface area contributed by atoms with Crippen LogP contribution in [-0.2, 0) is 0 Å². The van der Waals surface area contributed by atoms with Crippen LogP contribution in [0.4, 0.5) is 0 Å². The first kappa shape index (κ1) is 15.6. The number of amides is 1. The van der Waals surface area contributed by atoms with Gasteiger partial charge in [0.15, 0.2) is 0 Å². The van der Waals surface area contributed by atoms with Crippen molar-refractivity contribution in [1.29, 1.82) is 0 Å². The molecule has 0 aliphatic rings. The normalized spacial score (nSPS) is 12.0. The third kappa shape index (κ3) is 3.45. The van der Waals surface area contributed by atoms with Crippen molar-refractivity contribution in [2.45, 2.75) is 19.9 Å². The molecule has 0 fully saturated rings. The van der Waals surface area contributed by atoms with E-state index in [2.05, 4.69) is 15.9 Å². The fourth-order valence-corrected chi connectivity index (χ4v) is 2.38. The summed E-state index contributed by atoms with van der Waals surface area (Å²) in [5, 5.41) is 9.34. The van der Waals surface area contributed by atoms with Gasteiger partial charge in [-0.05, 0) is 55.3 Å². The summed E-state index contributed by atoms with van der Waals surface area (Å²) in [4.78, 5) is 14.3. The van der Waals surface area contributed by atoms with Crippen LogP contribution in [0.25, 0.3) is 0 Å². The molecule has 1 N–H and O–H groups in total. The number of halogens is 1. The van der Waals surface area contributed by atoms with E-state index in [1.54, 1.807) is 24.1 Å². The standard InChI is InChI=1S/C17H18BrNO2/c1-11-10-14(6-9-16(11)18)17(21)19(3)12(2)13-4-7-15(20)8-5-13/h4-10,12,20H,1-3H3. The molecule has 0 aliphatic heterocycles. The van der Waals surface area contributed by atoms with Crippen molar-refractivity contribution < 1.29 is 9.90 Å². The lowest BCUT2D eigenvalue weighted by Crippen LogP contribution is -2.29. The highest BCUT2D eigenvalue weighted by atomic mass is 79.9. The number of nitrogens with zero attached hydrogens (tertiary/aromatic N) is 1. The summed E-state index contributed by atoms with van der Waals surface area (Å²) in [7, 11) is 1.79. The van der Waals surface area contributed by atoms with Crippen molar-refractivity contribution in [2.75, 3.05) is 7.05 Å². The van der Waals surface area contributed by atoms with Gasteiger partial charge in [0.2, 0.25) is 0 Å². The van der Waals surface area contributed by atoms with E-state index in [1.807, 2.05) is 44.2 Å². The van der Waals surface area contributed by atoms with E-state index in [0.717, 1.165) is 15.6 Å². The third-order valence-electron chi connectivity index (χ3n) is 3.68. The number of rotatable bonds is 3. The van der Waals surface area contributed by atoms with E-state index < -0.39 is 0 Å². The zero-order chi connectivity index (χ0) is 15.6. The number of aromatic hydroxyl groups is 1. The molecule has 3 nitrogen and oxygen atoms in total. The number of aryl methyl sites for hydroxylation is 1. The van der Waals surface area contributed by atoms with Crippen molar-refractivity contribution in [2.24, 2.45) is 0 Å². The second-order valence-electron chi connectivity index (χ2n) is 5.15. The molecule has 0 bridgehead atoms. The predicted octanol–water partition coefficient (Wildman–Crippen LogP) is 4.30. The smallest absolute Gasteiger partial charge is 0.254 e. The average Bonchev–Trinajstić information content (AvgIpc) is 2.48. The highest BCUT2D eigenvalue weighted by molar-refractivity contribution is 9.10. The molecule has 1 unspecified atom stereocenters. The van der Waals surface area contributed by atoms with Crippen LogP contribution in [0.3, 0.4) is 0 Å². The monoisotopic (exact) mass is 347 g/mol. The van der Waals surface area contributed by atoms with E-state index >= 15 is 0 Å². The summed E-state index contributed by atoms with van der Waals surface area (Å²) in [6.07, 6.45) is 0. The Labute approximate surface area is 133 Å². The van der Waals surface area contributed by atoms with Crippen LogP contribution in [0.1, 0.15) is 34.5 Å². The summed E-state index contributed by atoms with van der Waals surface area (Å²) >= 11 is 3.44. The largest absolute Gasteiger partial charge is 0.508 e. The van der Waals surface area contributed by atoms with Crippen molar-refractivity contribution in [3.05, 3.63) is 63.6 Å². The Hall–Kier alpha value is -1.81. The number of hydrogen-bond acceptors (Lipinski definition) is 2. The molecule has 110 valence electrons. The SMILES string of the molecule is Cc1cc(C(=O)N(C)C(C)c2ccc(O)cc2)ccc1Br. The quantitative estimate of drug-likeness (QED) is 0.899. The summed E-state index contributed by atoms with van der Waals surface area (Å²) in [5.41, 5.74) is 2.69. The van der Waals surface area contributed by atoms with Crippen LogP contribution >= 0.6 is 15.9 Å². The fraction of sp³-hybridized carbons (Fsp3) is 0.235. The lowest BCUT2D eigenvalue weighted by Gasteiger charge is -2.25. The molecule has 1 atom stereocenters. The first-order valence-electron chi connectivity index (χ1n) is 6.72. The van der Waals surface area contributed by atoms with Gasteiger partial charge < -0.3 is 10.0 Å². The Bertz CT molecular complexity index is 652. The molecule has 0 aliphatic carbocycles. The molecule has 0 spiro atoms. The maximum Gasteiger partial charge on any atom is 0.254 e. The molecule has 2 rings (SSSR count). The first-order chi connectivity index (χ1) is 9.90. The van der Waals surface area contributed by atoms with Crippen LogP contribution in [0.2, 0.25) is 0 Å². The maximum absolute atomic E-state index is 12.6. The van der Waals surface area contributed by atoms with Gasteiger partial charge in [-0.3, -0.25) is 4.79 Å². The molecule has 21 heavy (non-hydrogen) atoms. The highest BCUT2D eigenvalue weighted by Crippen LogP contribution is 2.24. The second kappa shape index (κ2) is 6.31. The third-order valence-corrected chi connectivity index (χ3v) is 4.57. The minimum atomic E-state index is -0.0675. The molecule has 1 amide bonds. The second-order valence-corrected chi connectivity index (χ2v) is 6.00. The van der Waals surface area contributed by atoms with Gasteiger partial charge in [-0.25, -0.2) is 0 Å². The van der Waals surface area contributed by atoms with Gasteiger partial charge in [0, 0.05) is 17.1 Å². The van der Waals surface area contributed by atoms with Crippen LogP contribution in [0.15, 0.2) is 46.9 Å². The summed E-state index contributed by atoms with van der Waals surface area (Å²) in [6.45, 7) is 3.93. The molecule has 0 radical (unpaired) electrons. The molecular formula is C17H18BrNO2. The van der Waals surface area contributed by atoms with E-state index in [9.17, 15) is 9.90 Å². The average molecular weight is 348 g/mol.